The molecule has 1 aromatic rings. The maximum absolute atomic E-state index is 9.87. The van der Waals surface area contributed by atoms with E-state index in [4.69, 9.17) is 4.74 Å². The van der Waals surface area contributed by atoms with Gasteiger partial charge in [0.1, 0.15) is 0 Å². The van der Waals surface area contributed by atoms with Crippen LogP contribution in [-0.2, 0) is 11.3 Å². The second kappa shape index (κ2) is 6.46. The van der Waals surface area contributed by atoms with Crippen LogP contribution >= 0.6 is 0 Å². The molecule has 1 saturated carbocycles. The van der Waals surface area contributed by atoms with Crippen molar-refractivity contribution >= 4 is 0 Å². The van der Waals surface area contributed by atoms with Crippen molar-refractivity contribution in [3.63, 3.8) is 0 Å². The van der Waals surface area contributed by atoms with Crippen LogP contribution in [0.5, 0.6) is 0 Å². The van der Waals surface area contributed by atoms with Gasteiger partial charge in [-0.15, -0.1) is 0 Å². The summed E-state index contributed by atoms with van der Waals surface area (Å²) < 4.78 is 7.57. The average Bonchev–Trinajstić information content (AvgIpc) is 3.26. The largest absolute Gasteiger partial charge is 0.396 e. The van der Waals surface area contributed by atoms with Crippen molar-refractivity contribution < 1.29 is 9.84 Å². The Morgan fingerprint density at radius 2 is 2.33 bits per heavy atom. The van der Waals surface area contributed by atoms with Gasteiger partial charge >= 0.3 is 0 Å². The first-order valence-electron chi connectivity index (χ1n) is 8.09. The Kier molecular flexibility index (Phi) is 4.62. The molecule has 21 heavy (non-hydrogen) atoms. The highest BCUT2D eigenvalue weighted by molar-refractivity contribution is 5.04. The van der Waals surface area contributed by atoms with E-state index in [-0.39, 0.29) is 12.0 Å². The zero-order valence-electron chi connectivity index (χ0n) is 13.0. The summed E-state index contributed by atoms with van der Waals surface area (Å²) in [6.07, 6.45) is 9.75. The fourth-order valence-corrected chi connectivity index (χ4v) is 3.54. The van der Waals surface area contributed by atoms with Crippen LogP contribution in [0.4, 0.5) is 0 Å². The molecule has 0 amide bonds. The minimum absolute atomic E-state index is 0.0126. The molecule has 1 aliphatic heterocycles. The van der Waals surface area contributed by atoms with Crippen LogP contribution in [0.2, 0.25) is 0 Å². The van der Waals surface area contributed by atoms with Crippen LogP contribution < -0.4 is 0 Å². The van der Waals surface area contributed by atoms with E-state index < -0.39 is 0 Å². The summed E-state index contributed by atoms with van der Waals surface area (Å²) in [5, 5.41) is 9.87. The Labute approximate surface area is 126 Å². The molecule has 1 atom stereocenters. The van der Waals surface area contributed by atoms with E-state index in [1.165, 1.54) is 18.5 Å². The summed E-state index contributed by atoms with van der Waals surface area (Å²) in [5.41, 5.74) is 1.33. The van der Waals surface area contributed by atoms with Crippen molar-refractivity contribution in [2.45, 2.75) is 44.7 Å². The smallest absolute Gasteiger partial charge is 0.0951 e. The molecular weight excluding hydrogens is 266 g/mol. The summed E-state index contributed by atoms with van der Waals surface area (Å²) in [6.45, 7) is 4.02. The van der Waals surface area contributed by atoms with Gasteiger partial charge in [0.15, 0.2) is 0 Å². The minimum atomic E-state index is 0.0126. The maximum atomic E-state index is 9.87. The number of hydrogen-bond donors (Lipinski definition) is 1. The Bertz CT molecular complexity index is 458. The van der Waals surface area contributed by atoms with Crippen LogP contribution in [0.3, 0.4) is 0 Å². The van der Waals surface area contributed by atoms with Crippen molar-refractivity contribution in [1.29, 1.82) is 0 Å². The molecule has 2 heterocycles. The molecule has 0 radical (unpaired) electrons. The standard InChI is InChI=1S/C16H27N3O2/c1-21-8-6-16(12-20)5-2-7-18(11-16)10-15-9-17-13-19(15)14-3-4-14/h9,13-14,20H,2-8,10-12H2,1H3. The molecule has 2 aliphatic rings. The summed E-state index contributed by atoms with van der Waals surface area (Å²) in [4.78, 5) is 6.80. The molecule has 5 nitrogen and oxygen atoms in total. The molecule has 1 unspecified atom stereocenters. The molecule has 0 aromatic carbocycles. The SMILES string of the molecule is COCCC1(CO)CCCN(Cc2cncn2C2CC2)C1. The topological polar surface area (TPSA) is 50.5 Å². The number of aliphatic hydroxyl groups is 1. The fourth-order valence-electron chi connectivity index (χ4n) is 3.54. The number of piperidine rings is 1. The molecule has 0 spiro atoms. The monoisotopic (exact) mass is 293 g/mol. The van der Waals surface area contributed by atoms with E-state index in [1.807, 2.05) is 12.5 Å². The van der Waals surface area contributed by atoms with Gasteiger partial charge in [0.25, 0.3) is 0 Å². The highest BCUT2D eigenvalue weighted by Crippen LogP contribution is 2.37. The molecule has 1 aliphatic carbocycles. The molecule has 1 aromatic heterocycles. The van der Waals surface area contributed by atoms with Gasteiger partial charge < -0.3 is 14.4 Å². The fraction of sp³-hybridized carbons (Fsp3) is 0.812. The number of rotatable bonds is 7. The zero-order chi connectivity index (χ0) is 14.7. The predicted octanol–water partition coefficient (Wildman–Crippen LogP) is 1.83. The molecular formula is C16H27N3O2. The van der Waals surface area contributed by atoms with Gasteiger partial charge in [0, 0.05) is 44.5 Å². The number of nitrogens with zero attached hydrogens (tertiary/aromatic N) is 3. The second-order valence-electron chi connectivity index (χ2n) is 6.74. The molecule has 3 rings (SSSR count). The lowest BCUT2D eigenvalue weighted by molar-refractivity contribution is 0.00405. The molecule has 5 heteroatoms. The lowest BCUT2D eigenvalue weighted by atomic mass is 9.78. The number of aliphatic hydroxyl groups excluding tert-OH is 1. The van der Waals surface area contributed by atoms with Gasteiger partial charge in [-0.3, -0.25) is 4.90 Å². The summed E-state index contributed by atoms with van der Waals surface area (Å²) in [7, 11) is 1.74. The van der Waals surface area contributed by atoms with Crippen LogP contribution in [0.25, 0.3) is 0 Å². The van der Waals surface area contributed by atoms with Crippen molar-refractivity contribution in [2.75, 3.05) is 33.4 Å². The van der Waals surface area contributed by atoms with Crippen molar-refractivity contribution in [2.24, 2.45) is 5.41 Å². The molecule has 1 saturated heterocycles. The molecule has 0 bridgehead atoms. The van der Waals surface area contributed by atoms with E-state index in [0.717, 1.165) is 45.5 Å². The van der Waals surface area contributed by atoms with Crippen molar-refractivity contribution in [3.05, 3.63) is 18.2 Å². The van der Waals surface area contributed by atoms with Gasteiger partial charge in [-0.25, -0.2) is 4.98 Å². The average molecular weight is 293 g/mol. The second-order valence-corrected chi connectivity index (χ2v) is 6.74. The van der Waals surface area contributed by atoms with Crippen LogP contribution in [0.15, 0.2) is 12.5 Å². The van der Waals surface area contributed by atoms with Crippen molar-refractivity contribution in [1.82, 2.24) is 14.5 Å². The van der Waals surface area contributed by atoms with Gasteiger partial charge in [-0.2, -0.15) is 0 Å². The van der Waals surface area contributed by atoms with E-state index in [2.05, 4.69) is 14.5 Å². The number of ether oxygens (including phenoxy) is 1. The lowest BCUT2D eigenvalue weighted by Crippen LogP contribution is -2.45. The highest BCUT2D eigenvalue weighted by atomic mass is 16.5. The number of hydrogen-bond acceptors (Lipinski definition) is 4. The summed E-state index contributed by atoms with van der Waals surface area (Å²) in [5.74, 6) is 0. The third-order valence-electron chi connectivity index (χ3n) is 4.98. The normalized spacial score (nSPS) is 27.1. The van der Waals surface area contributed by atoms with Crippen LogP contribution in [-0.4, -0.2) is 53.0 Å². The van der Waals surface area contributed by atoms with Crippen LogP contribution in [0, 0.1) is 5.41 Å². The quantitative estimate of drug-likeness (QED) is 0.833. The molecule has 1 N–H and O–H groups in total. The Morgan fingerprint density at radius 3 is 3.05 bits per heavy atom. The number of methoxy groups -OCH3 is 1. The lowest BCUT2D eigenvalue weighted by Gasteiger charge is -2.42. The third kappa shape index (κ3) is 3.47. The van der Waals surface area contributed by atoms with E-state index in [1.54, 1.807) is 7.11 Å². The van der Waals surface area contributed by atoms with Gasteiger partial charge in [-0.1, -0.05) is 0 Å². The first-order chi connectivity index (χ1) is 10.3. The van der Waals surface area contributed by atoms with E-state index >= 15 is 0 Å². The van der Waals surface area contributed by atoms with E-state index in [0.29, 0.717) is 6.04 Å². The van der Waals surface area contributed by atoms with E-state index in [9.17, 15) is 5.11 Å². The van der Waals surface area contributed by atoms with Gasteiger partial charge in [0.2, 0.25) is 0 Å². The third-order valence-corrected chi connectivity index (χ3v) is 4.98. The Balaban J connectivity index is 1.63. The molecule has 118 valence electrons. The van der Waals surface area contributed by atoms with Crippen molar-refractivity contribution in [3.8, 4) is 0 Å². The zero-order valence-corrected chi connectivity index (χ0v) is 13.0. The minimum Gasteiger partial charge on any atom is -0.396 e. The predicted molar refractivity (Wildman–Crippen MR) is 81.0 cm³/mol. The number of likely N-dealkylation sites (tertiary alicyclic amines) is 1. The first-order valence-corrected chi connectivity index (χ1v) is 8.09. The van der Waals surface area contributed by atoms with Crippen LogP contribution in [0.1, 0.15) is 43.8 Å². The summed E-state index contributed by atoms with van der Waals surface area (Å²) in [6, 6.07) is 0.684. The van der Waals surface area contributed by atoms with Gasteiger partial charge in [0.05, 0.1) is 18.6 Å². The highest BCUT2D eigenvalue weighted by Gasteiger charge is 2.35. The Morgan fingerprint density at radius 1 is 1.48 bits per heavy atom. The Hall–Kier alpha value is -0.910. The summed E-state index contributed by atoms with van der Waals surface area (Å²) >= 11 is 0. The number of imidazole rings is 1. The molecule has 2 fully saturated rings. The first kappa shape index (κ1) is 15.0. The van der Waals surface area contributed by atoms with Gasteiger partial charge in [-0.05, 0) is 38.6 Å². The maximum Gasteiger partial charge on any atom is 0.0951 e. The number of aromatic nitrogens is 2.